The second kappa shape index (κ2) is 9.48. The summed E-state index contributed by atoms with van der Waals surface area (Å²) < 4.78 is 11.5. The number of hydrogen-bond acceptors (Lipinski definition) is 5. The van der Waals surface area contributed by atoms with Gasteiger partial charge in [-0.05, 0) is 49.9 Å². The third-order valence-corrected chi connectivity index (χ3v) is 6.06. The Morgan fingerprint density at radius 3 is 2.59 bits per heavy atom. The third-order valence-electron chi connectivity index (χ3n) is 6.06. The van der Waals surface area contributed by atoms with Crippen LogP contribution in [-0.2, 0) is 4.79 Å². The second-order valence-electron chi connectivity index (χ2n) is 8.24. The molecule has 2 heterocycles. The van der Waals surface area contributed by atoms with Gasteiger partial charge in [0.05, 0.1) is 19.8 Å². The van der Waals surface area contributed by atoms with Crippen molar-refractivity contribution in [2.24, 2.45) is 0 Å². The summed E-state index contributed by atoms with van der Waals surface area (Å²) in [6.07, 6.45) is 8.41. The highest BCUT2D eigenvalue weighted by atomic mass is 16.5. The van der Waals surface area contributed by atoms with Crippen molar-refractivity contribution in [1.29, 1.82) is 0 Å². The number of carbonyl (C=O) groups is 2. The van der Waals surface area contributed by atoms with Gasteiger partial charge in [-0.2, -0.15) is 0 Å². The van der Waals surface area contributed by atoms with Gasteiger partial charge in [-0.1, -0.05) is 25.3 Å². The molecule has 7 heteroatoms. The fourth-order valence-electron chi connectivity index (χ4n) is 4.60. The van der Waals surface area contributed by atoms with E-state index in [0.717, 1.165) is 68.6 Å². The van der Waals surface area contributed by atoms with E-state index in [9.17, 15) is 9.59 Å². The van der Waals surface area contributed by atoms with Gasteiger partial charge in [0.15, 0.2) is 11.5 Å². The third kappa shape index (κ3) is 5.21. The van der Waals surface area contributed by atoms with Crippen LogP contribution in [-0.4, -0.2) is 49.2 Å². The molecule has 0 spiro atoms. The molecule has 1 atom stereocenters. The Balaban J connectivity index is 1.33. The number of ether oxygens (including phenoxy) is 2. The highest BCUT2D eigenvalue weighted by molar-refractivity contribution is 5.95. The molecule has 0 bridgehead atoms. The maximum absolute atomic E-state index is 12.4. The number of carbonyl (C=O) groups excluding carboxylic acids is 2. The van der Waals surface area contributed by atoms with Crippen molar-refractivity contribution in [2.75, 3.05) is 26.3 Å². The summed E-state index contributed by atoms with van der Waals surface area (Å²) in [7, 11) is 0. The van der Waals surface area contributed by atoms with Gasteiger partial charge in [0.2, 0.25) is 5.91 Å². The van der Waals surface area contributed by atoms with E-state index in [0.29, 0.717) is 13.2 Å². The van der Waals surface area contributed by atoms with Gasteiger partial charge in [0.25, 0.3) is 0 Å². The van der Waals surface area contributed by atoms with E-state index >= 15 is 0 Å². The van der Waals surface area contributed by atoms with Gasteiger partial charge < -0.3 is 14.8 Å². The number of rotatable bonds is 4. The average Bonchev–Trinajstić information content (AvgIpc) is 3.03. The van der Waals surface area contributed by atoms with Crippen LogP contribution in [0, 0.1) is 0 Å². The molecular formula is C22H31N3O4. The predicted octanol–water partition coefficient (Wildman–Crippen LogP) is 3.14. The Bertz CT molecular complexity index is 733. The predicted molar refractivity (Wildman–Crippen MR) is 109 cm³/mol. The van der Waals surface area contributed by atoms with Crippen LogP contribution in [0.4, 0.5) is 4.79 Å². The number of benzene rings is 1. The molecule has 1 aromatic rings. The number of amides is 3. The van der Waals surface area contributed by atoms with Crippen LogP contribution in [0.3, 0.4) is 0 Å². The quantitative estimate of drug-likeness (QED) is 0.810. The lowest BCUT2D eigenvalue weighted by Crippen LogP contribution is -2.47. The summed E-state index contributed by atoms with van der Waals surface area (Å²) in [6.45, 7) is 2.39. The summed E-state index contributed by atoms with van der Waals surface area (Å²) >= 11 is 0. The minimum absolute atomic E-state index is 0.152. The van der Waals surface area contributed by atoms with Crippen molar-refractivity contribution in [3.05, 3.63) is 23.8 Å². The summed E-state index contributed by atoms with van der Waals surface area (Å²) in [6, 6.07) is 6.04. The molecule has 3 aliphatic rings. The Labute approximate surface area is 172 Å². The van der Waals surface area contributed by atoms with Crippen LogP contribution >= 0.6 is 0 Å². The van der Waals surface area contributed by atoms with Gasteiger partial charge in [-0.25, -0.2) is 4.79 Å². The normalized spacial score (nSPS) is 22.7. The van der Waals surface area contributed by atoms with E-state index in [1.807, 2.05) is 12.1 Å². The Kier molecular flexibility index (Phi) is 6.54. The summed E-state index contributed by atoms with van der Waals surface area (Å²) in [4.78, 5) is 26.7. The Morgan fingerprint density at radius 1 is 0.966 bits per heavy atom. The zero-order valence-electron chi connectivity index (χ0n) is 17.0. The molecule has 0 aromatic heterocycles. The first kappa shape index (κ1) is 20.0. The summed E-state index contributed by atoms with van der Waals surface area (Å²) in [5.41, 5.74) is 1.13. The van der Waals surface area contributed by atoms with E-state index < -0.39 is 0 Å². The SMILES string of the molecule is O=C(CN1CCCC1c1ccc2c(c1)OCCCO2)NC(=O)NC1CCCCC1. The zero-order chi connectivity index (χ0) is 20.1. The Morgan fingerprint density at radius 2 is 1.76 bits per heavy atom. The number of nitrogens with one attached hydrogen (secondary N) is 2. The number of urea groups is 1. The monoisotopic (exact) mass is 401 g/mol. The lowest BCUT2D eigenvalue weighted by Gasteiger charge is -2.25. The zero-order valence-corrected chi connectivity index (χ0v) is 17.0. The first-order chi connectivity index (χ1) is 14.2. The van der Waals surface area contributed by atoms with Crippen LogP contribution < -0.4 is 20.1 Å². The molecule has 2 fully saturated rings. The van der Waals surface area contributed by atoms with Crippen LogP contribution in [0.5, 0.6) is 11.5 Å². The Hall–Kier alpha value is -2.28. The van der Waals surface area contributed by atoms with E-state index in [4.69, 9.17) is 9.47 Å². The van der Waals surface area contributed by atoms with Crippen LogP contribution in [0.1, 0.15) is 63.0 Å². The number of imide groups is 1. The first-order valence-corrected chi connectivity index (χ1v) is 10.9. The standard InChI is InChI=1S/C22H31N3O4/c26-21(24-22(27)23-17-6-2-1-3-7-17)15-25-11-4-8-18(25)16-9-10-19-20(14-16)29-13-5-12-28-19/h9-10,14,17-18H,1-8,11-13,15H2,(H2,23,24,26,27). The number of nitrogens with zero attached hydrogens (tertiary/aromatic N) is 1. The minimum Gasteiger partial charge on any atom is -0.490 e. The smallest absolute Gasteiger partial charge is 0.321 e. The van der Waals surface area contributed by atoms with Crippen molar-refractivity contribution < 1.29 is 19.1 Å². The van der Waals surface area contributed by atoms with E-state index in [2.05, 4.69) is 21.6 Å². The van der Waals surface area contributed by atoms with Crippen molar-refractivity contribution in [3.8, 4) is 11.5 Å². The van der Waals surface area contributed by atoms with E-state index in [1.165, 1.54) is 6.42 Å². The molecule has 1 unspecified atom stereocenters. The van der Waals surface area contributed by atoms with Crippen molar-refractivity contribution in [2.45, 2.75) is 63.5 Å². The molecule has 0 radical (unpaired) electrons. The molecule has 7 nitrogen and oxygen atoms in total. The van der Waals surface area contributed by atoms with Crippen molar-refractivity contribution in [1.82, 2.24) is 15.5 Å². The maximum atomic E-state index is 12.4. The van der Waals surface area contributed by atoms with Crippen LogP contribution in [0.2, 0.25) is 0 Å². The number of fused-ring (bicyclic) bond motifs is 1. The fraction of sp³-hybridized carbons (Fsp3) is 0.636. The minimum atomic E-state index is -0.367. The lowest BCUT2D eigenvalue weighted by atomic mass is 9.96. The highest BCUT2D eigenvalue weighted by Gasteiger charge is 2.29. The molecule has 3 amide bonds. The van der Waals surface area contributed by atoms with Gasteiger partial charge >= 0.3 is 6.03 Å². The average molecular weight is 402 g/mol. The highest BCUT2D eigenvalue weighted by Crippen LogP contribution is 2.37. The van der Waals surface area contributed by atoms with Crippen LogP contribution in [0.15, 0.2) is 18.2 Å². The molecule has 29 heavy (non-hydrogen) atoms. The van der Waals surface area contributed by atoms with Gasteiger partial charge in [-0.3, -0.25) is 15.0 Å². The number of likely N-dealkylation sites (tertiary alicyclic amines) is 1. The summed E-state index contributed by atoms with van der Waals surface area (Å²) in [5.74, 6) is 1.32. The molecule has 2 aliphatic heterocycles. The molecule has 2 N–H and O–H groups in total. The van der Waals surface area contributed by atoms with Crippen LogP contribution in [0.25, 0.3) is 0 Å². The first-order valence-electron chi connectivity index (χ1n) is 10.9. The molecule has 1 saturated heterocycles. The second-order valence-corrected chi connectivity index (χ2v) is 8.24. The molecule has 1 aliphatic carbocycles. The number of hydrogen-bond donors (Lipinski definition) is 2. The molecular weight excluding hydrogens is 370 g/mol. The van der Waals surface area contributed by atoms with Gasteiger partial charge in [0.1, 0.15) is 0 Å². The topological polar surface area (TPSA) is 79.9 Å². The lowest BCUT2D eigenvalue weighted by molar-refractivity contribution is -0.121. The van der Waals surface area contributed by atoms with Crippen molar-refractivity contribution >= 4 is 11.9 Å². The molecule has 1 saturated carbocycles. The van der Waals surface area contributed by atoms with E-state index in [-0.39, 0.29) is 30.6 Å². The van der Waals surface area contributed by atoms with Gasteiger partial charge in [0, 0.05) is 18.5 Å². The molecule has 158 valence electrons. The summed E-state index contributed by atoms with van der Waals surface area (Å²) in [5, 5.41) is 5.45. The van der Waals surface area contributed by atoms with Gasteiger partial charge in [-0.15, -0.1) is 0 Å². The maximum Gasteiger partial charge on any atom is 0.321 e. The van der Waals surface area contributed by atoms with E-state index in [1.54, 1.807) is 0 Å². The largest absolute Gasteiger partial charge is 0.490 e. The van der Waals surface area contributed by atoms with Crippen molar-refractivity contribution in [3.63, 3.8) is 0 Å². The molecule has 1 aromatic carbocycles. The fourth-order valence-corrected chi connectivity index (χ4v) is 4.60. The molecule has 4 rings (SSSR count).